The van der Waals surface area contributed by atoms with Crippen molar-refractivity contribution in [2.24, 2.45) is 0 Å². The van der Waals surface area contributed by atoms with Crippen molar-refractivity contribution in [2.45, 2.75) is 6.18 Å². The summed E-state index contributed by atoms with van der Waals surface area (Å²) in [5.74, 6) is -3.33. The van der Waals surface area contributed by atoms with E-state index >= 15 is 0 Å². The quantitative estimate of drug-likeness (QED) is 0.536. The third kappa shape index (κ3) is 3.53. The Morgan fingerprint density at radius 1 is 1.29 bits per heavy atom. The molecule has 2 rings (SSSR count). The summed E-state index contributed by atoms with van der Waals surface area (Å²) in [7, 11) is 0. The minimum absolute atomic E-state index is 0.0231. The summed E-state index contributed by atoms with van der Waals surface area (Å²) in [5, 5.41) is 0. The van der Waals surface area contributed by atoms with E-state index in [2.05, 4.69) is 28.1 Å². The second kappa shape index (κ2) is 5.90. The zero-order valence-electron chi connectivity index (χ0n) is 9.98. The number of thiocarbonyl (C=S) groups is 1. The smallest absolute Gasteiger partial charge is 0.268 e. The van der Waals surface area contributed by atoms with Gasteiger partial charge in [0, 0.05) is 4.47 Å². The molecule has 0 radical (unpaired) electrons. The van der Waals surface area contributed by atoms with E-state index in [1.807, 2.05) is 0 Å². The number of imide groups is 1. The predicted octanol–water partition coefficient (Wildman–Crippen LogP) is 3.74. The summed E-state index contributed by atoms with van der Waals surface area (Å²) in [6.45, 7) is 0. The van der Waals surface area contributed by atoms with Gasteiger partial charge in [0.1, 0.15) is 0 Å². The molecule has 1 fully saturated rings. The largest absolute Gasteiger partial charge is 0.472 e. The number of hydrogen-bond acceptors (Lipinski definition) is 4. The number of thioether (sulfide) groups is 1. The molecule has 1 heterocycles. The lowest BCUT2D eigenvalue weighted by Crippen LogP contribution is -2.43. The lowest BCUT2D eigenvalue weighted by molar-refractivity contribution is -0.182. The maximum atomic E-state index is 12.4. The van der Waals surface area contributed by atoms with E-state index in [0.29, 0.717) is 17.3 Å². The van der Waals surface area contributed by atoms with Crippen molar-refractivity contribution in [3.63, 3.8) is 0 Å². The molecule has 0 aromatic heterocycles. The molecule has 0 unspecified atom stereocenters. The standard InChI is InChI=1S/C12H5BrF3NO2S2/c13-7-3-1-6(2-4-7)5-8-9(18)17(11(20)21-8)10(19)12(14,15)16/h1-5H/b8-5+. The summed E-state index contributed by atoms with van der Waals surface area (Å²) in [4.78, 5) is 23.0. The van der Waals surface area contributed by atoms with Crippen LogP contribution < -0.4 is 0 Å². The lowest BCUT2D eigenvalue weighted by Gasteiger charge is -2.13. The van der Waals surface area contributed by atoms with Crippen LogP contribution in [0.5, 0.6) is 0 Å². The first kappa shape index (κ1) is 16.2. The maximum Gasteiger partial charge on any atom is 0.472 e. The number of amides is 2. The number of halogens is 4. The molecule has 1 saturated heterocycles. The van der Waals surface area contributed by atoms with Gasteiger partial charge in [0.25, 0.3) is 5.91 Å². The molecule has 0 bridgehead atoms. The van der Waals surface area contributed by atoms with Crippen molar-refractivity contribution in [1.82, 2.24) is 4.90 Å². The fraction of sp³-hybridized carbons (Fsp3) is 0.0833. The molecular formula is C12H5BrF3NO2S2. The SMILES string of the molecule is O=C1/C(=C\c2ccc(Br)cc2)SC(=S)N1C(=O)C(F)(F)F. The van der Waals surface area contributed by atoms with Gasteiger partial charge in [-0.3, -0.25) is 9.59 Å². The summed E-state index contributed by atoms with van der Waals surface area (Å²) in [5.41, 5.74) is 0.609. The van der Waals surface area contributed by atoms with Gasteiger partial charge in [-0.2, -0.15) is 13.2 Å². The van der Waals surface area contributed by atoms with Gasteiger partial charge in [0.05, 0.1) is 4.91 Å². The third-order valence-electron chi connectivity index (χ3n) is 2.41. The van der Waals surface area contributed by atoms with Gasteiger partial charge in [0.15, 0.2) is 4.32 Å². The van der Waals surface area contributed by atoms with Gasteiger partial charge in [0.2, 0.25) is 0 Å². The minimum atomic E-state index is -5.15. The number of hydrogen-bond donors (Lipinski definition) is 0. The molecule has 0 aliphatic carbocycles. The van der Waals surface area contributed by atoms with Crippen molar-refractivity contribution in [1.29, 1.82) is 0 Å². The van der Waals surface area contributed by atoms with Gasteiger partial charge >= 0.3 is 12.1 Å². The molecule has 1 aliphatic heterocycles. The van der Waals surface area contributed by atoms with Gasteiger partial charge in [-0.25, -0.2) is 4.90 Å². The van der Waals surface area contributed by atoms with Crippen LogP contribution in [0.15, 0.2) is 33.6 Å². The highest BCUT2D eigenvalue weighted by molar-refractivity contribution is 9.10. The average molecular weight is 396 g/mol. The number of carbonyl (C=O) groups is 2. The first-order valence-corrected chi connectivity index (χ1v) is 7.36. The van der Waals surface area contributed by atoms with Crippen LogP contribution in [-0.4, -0.2) is 27.2 Å². The fourth-order valence-electron chi connectivity index (χ4n) is 1.48. The van der Waals surface area contributed by atoms with Crippen LogP contribution in [0.4, 0.5) is 13.2 Å². The second-order valence-electron chi connectivity index (χ2n) is 3.87. The van der Waals surface area contributed by atoms with Crippen LogP contribution in [0.1, 0.15) is 5.56 Å². The van der Waals surface area contributed by atoms with E-state index in [1.54, 1.807) is 24.3 Å². The molecule has 9 heteroatoms. The van der Waals surface area contributed by atoms with Crippen LogP contribution in [0.25, 0.3) is 6.08 Å². The molecule has 1 aromatic rings. The van der Waals surface area contributed by atoms with Crippen molar-refractivity contribution in [2.75, 3.05) is 0 Å². The Labute approximate surface area is 135 Å². The topological polar surface area (TPSA) is 37.4 Å². The van der Waals surface area contributed by atoms with Crippen LogP contribution in [0.2, 0.25) is 0 Å². The third-order valence-corrected chi connectivity index (χ3v) is 4.24. The highest BCUT2D eigenvalue weighted by Crippen LogP contribution is 2.35. The van der Waals surface area contributed by atoms with E-state index in [0.717, 1.165) is 4.47 Å². The zero-order chi connectivity index (χ0) is 15.8. The van der Waals surface area contributed by atoms with Crippen molar-refractivity contribution in [3.05, 3.63) is 39.2 Å². The van der Waals surface area contributed by atoms with Crippen LogP contribution in [-0.2, 0) is 9.59 Å². The number of alkyl halides is 3. The monoisotopic (exact) mass is 395 g/mol. The first-order chi connectivity index (χ1) is 9.70. The molecule has 1 aromatic carbocycles. The number of benzene rings is 1. The zero-order valence-corrected chi connectivity index (χ0v) is 13.2. The molecule has 2 amide bonds. The molecule has 0 atom stereocenters. The predicted molar refractivity (Wildman–Crippen MR) is 80.2 cm³/mol. The normalized spacial score (nSPS) is 17.7. The average Bonchev–Trinajstić information content (AvgIpc) is 2.65. The Morgan fingerprint density at radius 2 is 1.86 bits per heavy atom. The molecule has 3 nitrogen and oxygen atoms in total. The number of nitrogens with zero attached hydrogens (tertiary/aromatic N) is 1. The Balaban J connectivity index is 2.30. The Bertz CT molecular complexity index is 655. The molecule has 0 N–H and O–H groups in total. The van der Waals surface area contributed by atoms with E-state index in [-0.39, 0.29) is 9.81 Å². The number of carbonyl (C=O) groups excluding carboxylic acids is 2. The molecule has 0 saturated carbocycles. The molecular weight excluding hydrogens is 391 g/mol. The van der Waals surface area contributed by atoms with Crippen LogP contribution in [0.3, 0.4) is 0 Å². The second-order valence-corrected chi connectivity index (χ2v) is 6.46. The van der Waals surface area contributed by atoms with Crippen molar-refractivity contribution >= 4 is 62.1 Å². The molecule has 21 heavy (non-hydrogen) atoms. The summed E-state index contributed by atoms with van der Waals surface area (Å²) >= 11 is 8.58. The Kier molecular flexibility index (Phi) is 4.54. The van der Waals surface area contributed by atoms with Crippen LogP contribution in [0, 0.1) is 0 Å². The Morgan fingerprint density at radius 3 is 2.38 bits per heavy atom. The van der Waals surface area contributed by atoms with E-state index in [9.17, 15) is 22.8 Å². The van der Waals surface area contributed by atoms with E-state index in [4.69, 9.17) is 0 Å². The first-order valence-electron chi connectivity index (χ1n) is 5.35. The molecule has 0 spiro atoms. The van der Waals surface area contributed by atoms with Gasteiger partial charge in [-0.15, -0.1) is 0 Å². The minimum Gasteiger partial charge on any atom is -0.268 e. The van der Waals surface area contributed by atoms with E-state index in [1.165, 1.54) is 6.08 Å². The van der Waals surface area contributed by atoms with Crippen LogP contribution >= 0.6 is 39.9 Å². The lowest BCUT2D eigenvalue weighted by atomic mass is 10.2. The fourth-order valence-corrected chi connectivity index (χ4v) is 3.00. The van der Waals surface area contributed by atoms with E-state index < -0.39 is 22.3 Å². The maximum absolute atomic E-state index is 12.4. The van der Waals surface area contributed by atoms with Crippen molar-refractivity contribution in [3.8, 4) is 0 Å². The highest BCUT2D eigenvalue weighted by atomic mass is 79.9. The summed E-state index contributed by atoms with van der Waals surface area (Å²) in [6, 6.07) is 6.77. The summed E-state index contributed by atoms with van der Waals surface area (Å²) < 4.78 is 37.6. The Hall–Kier alpha value is -1.19. The van der Waals surface area contributed by atoms with Gasteiger partial charge in [-0.1, -0.05) is 52.0 Å². The molecule has 110 valence electrons. The van der Waals surface area contributed by atoms with Crippen molar-refractivity contribution < 1.29 is 22.8 Å². The highest BCUT2D eigenvalue weighted by Gasteiger charge is 2.49. The summed E-state index contributed by atoms with van der Waals surface area (Å²) in [6.07, 6.45) is -3.76. The number of rotatable bonds is 1. The molecule has 1 aliphatic rings. The van der Waals surface area contributed by atoms with Gasteiger partial charge < -0.3 is 0 Å². The van der Waals surface area contributed by atoms with Gasteiger partial charge in [-0.05, 0) is 23.8 Å².